The van der Waals surface area contributed by atoms with Gasteiger partial charge in [-0.15, -0.1) is 0 Å². The average Bonchev–Trinajstić information content (AvgIpc) is 2.42. The lowest BCUT2D eigenvalue weighted by atomic mass is 9.64. The molecule has 2 aliphatic rings. The van der Waals surface area contributed by atoms with E-state index in [4.69, 9.17) is 14.4 Å². The first-order chi connectivity index (χ1) is 8.10. The maximum absolute atomic E-state index is 14.3. The molecule has 0 unspecified atom stereocenters. The number of hydrogen-bond donors (Lipinski definition) is 1. The summed E-state index contributed by atoms with van der Waals surface area (Å²) in [6.07, 6.45) is 1.17. The highest BCUT2D eigenvalue weighted by Crippen LogP contribution is 2.48. The van der Waals surface area contributed by atoms with Crippen molar-refractivity contribution in [2.75, 3.05) is 6.61 Å². The molecule has 3 nitrogen and oxygen atoms in total. The Hall–Kier alpha value is -0.385. The van der Waals surface area contributed by atoms with Crippen molar-refractivity contribution < 1.29 is 18.8 Å². The van der Waals surface area contributed by atoms with E-state index in [1.54, 1.807) is 0 Å². The van der Waals surface area contributed by atoms with Crippen molar-refractivity contribution in [2.24, 2.45) is 5.41 Å². The minimum atomic E-state index is -0.895. The van der Waals surface area contributed by atoms with E-state index in [0.717, 1.165) is 0 Å². The van der Waals surface area contributed by atoms with Gasteiger partial charge in [-0.25, -0.2) is 4.39 Å². The molecule has 1 aliphatic carbocycles. The number of aliphatic hydroxyl groups is 1. The lowest BCUT2D eigenvalue weighted by molar-refractivity contribution is 0.00578. The van der Waals surface area contributed by atoms with E-state index >= 15 is 0 Å². The molecular formula is C13H22BFO3. The van der Waals surface area contributed by atoms with Gasteiger partial charge in [0.05, 0.1) is 11.2 Å². The van der Waals surface area contributed by atoms with Crippen LogP contribution in [0.2, 0.25) is 0 Å². The van der Waals surface area contributed by atoms with Crippen LogP contribution in [0.25, 0.3) is 0 Å². The van der Waals surface area contributed by atoms with Crippen LogP contribution in [0, 0.1) is 5.41 Å². The van der Waals surface area contributed by atoms with Crippen LogP contribution in [-0.2, 0) is 9.31 Å². The molecule has 2 rings (SSSR count). The summed E-state index contributed by atoms with van der Waals surface area (Å²) in [7, 11) is -0.895. The Morgan fingerprint density at radius 3 is 2.00 bits per heavy atom. The van der Waals surface area contributed by atoms with E-state index in [-0.39, 0.29) is 17.7 Å². The van der Waals surface area contributed by atoms with Crippen LogP contribution in [0.1, 0.15) is 47.5 Å². The molecule has 1 aliphatic heterocycles. The SMILES string of the molecule is CC1(CO)CC(=C(F)B2OC(C)(C)C(C)(C)O2)C1. The summed E-state index contributed by atoms with van der Waals surface area (Å²) in [4.78, 5) is 0. The predicted molar refractivity (Wildman–Crippen MR) is 68.6 cm³/mol. The molecule has 0 atom stereocenters. The fourth-order valence-corrected chi connectivity index (χ4v) is 2.37. The van der Waals surface area contributed by atoms with Gasteiger partial charge in [-0.1, -0.05) is 6.92 Å². The van der Waals surface area contributed by atoms with Gasteiger partial charge in [-0.3, -0.25) is 0 Å². The Morgan fingerprint density at radius 1 is 1.17 bits per heavy atom. The second kappa shape index (κ2) is 4.05. The third-order valence-electron chi connectivity index (χ3n) is 4.46. The van der Waals surface area contributed by atoms with Crippen molar-refractivity contribution in [3.8, 4) is 0 Å². The van der Waals surface area contributed by atoms with Crippen LogP contribution >= 0.6 is 0 Å². The van der Waals surface area contributed by atoms with Crippen LogP contribution in [0.15, 0.2) is 11.3 Å². The highest BCUT2D eigenvalue weighted by Gasteiger charge is 2.54. The quantitative estimate of drug-likeness (QED) is 0.772. The molecule has 0 bridgehead atoms. The zero-order valence-electron chi connectivity index (χ0n) is 11.8. The molecule has 0 radical (unpaired) electrons. The zero-order chi connectivity index (χ0) is 13.8. The molecule has 5 heteroatoms. The fourth-order valence-electron chi connectivity index (χ4n) is 2.37. The Bertz CT molecular complexity index is 366. The Kier molecular flexibility index (Phi) is 3.16. The number of aliphatic hydroxyl groups excluding tert-OH is 1. The lowest BCUT2D eigenvalue weighted by Crippen LogP contribution is -2.41. The maximum atomic E-state index is 14.3. The third kappa shape index (κ3) is 2.13. The van der Waals surface area contributed by atoms with E-state index in [2.05, 4.69) is 0 Å². The van der Waals surface area contributed by atoms with Crippen LogP contribution in [0.3, 0.4) is 0 Å². The molecule has 1 N–H and O–H groups in total. The minimum absolute atomic E-state index is 0.0904. The highest BCUT2D eigenvalue weighted by molar-refractivity contribution is 6.53. The summed E-state index contributed by atoms with van der Waals surface area (Å²) in [5, 5.41) is 9.17. The van der Waals surface area contributed by atoms with Crippen LogP contribution < -0.4 is 0 Å². The molecule has 0 amide bonds. The van der Waals surface area contributed by atoms with Gasteiger partial charge in [0.15, 0.2) is 0 Å². The van der Waals surface area contributed by atoms with E-state index < -0.39 is 18.3 Å². The van der Waals surface area contributed by atoms with E-state index in [9.17, 15) is 4.39 Å². The smallest absolute Gasteiger partial charge is 0.398 e. The van der Waals surface area contributed by atoms with Gasteiger partial charge in [0.1, 0.15) is 5.73 Å². The van der Waals surface area contributed by atoms with Gasteiger partial charge in [0.2, 0.25) is 0 Å². The van der Waals surface area contributed by atoms with Gasteiger partial charge in [0, 0.05) is 6.61 Å². The summed E-state index contributed by atoms with van der Waals surface area (Å²) < 4.78 is 25.6. The first-order valence-corrected chi connectivity index (χ1v) is 6.44. The van der Waals surface area contributed by atoms with Gasteiger partial charge in [0.25, 0.3) is 0 Å². The largest absolute Gasteiger partial charge is 0.525 e. The number of allylic oxidation sites excluding steroid dienone is 1. The number of halogens is 1. The summed E-state index contributed by atoms with van der Waals surface area (Å²) in [6.45, 7) is 9.67. The standard InChI is InChI=1S/C13H22BFO3/c1-11(2)12(3,4)18-14(17-11)10(15)9-6-13(5,7-9)8-16/h16H,6-8H2,1-5H3. The van der Waals surface area contributed by atoms with Crippen LogP contribution in [0.5, 0.6) is 0 Å². The molecular weight excluding hydrogens is 234 g/mol. The second-order valence-corrected chi connectivity index (χ2v) is 6.86. The molecule has 0 aromatic heterocycles. The van der Waals surface area contributed by atoms with Crippen LogP contribution in [0.4, 0.5) is 4.39 Å². The van der Waals surface area contributed by atoms with Gasteiger partial charge in [-0.2, -0.15) is 0 Å². The summed E-state index contributed by atoms with van der Waals surface area (Å²) in [5.74, 6) is 0. The summed E-state index contributed by atoms with van der Waals surface area (Å²) in [6, 6.07) is 0. The van der Waals surface area contributed by atoms with Crippen molar-refractivity contribution in [1.29, 1.82) is 0 Å². The molecule has 1 heterocycles. The van der Waals surface area contributed by atoms with E-state index in [1.165, 1.54) is 0 Å². The lowest BCUT2D eigenvalue weighted by Gasteiger charge is -2.39. The molecule has 1 saturated heterocycles. The normalized spacial score (nSPS) is 33.5. The topological polar surface area (TPSA) is 38.7 Å². The summed E-state index contributed by atoms with van der Waals surface area (Å²) in [5.41, 5.74) is -0.792. The van der Waals surface area contributed by atoms with E-state index in [1.807, 2.05) is 34.6 Å². The van der Waals surface area contributed by atoms with Crippen molar-refractivity contribution in [3.05, 3.63) is 11.3 Å². The molecule has 0 aromatic rings. The van der Waals surface area contributed by atoms with Gasteiger partial charge >= 0.3 is 7.12 Å². The van der Waals surface area contributed by atoms with Crippen molar-refractivity contribution >= 4 is 7.12 Å². The first-order valence-electron chi connectivity index (χ1n) is 6.44. The molecule has 0 spiro atoms. The Morgan fingerprint density at radius 2 is 1.61 bits per heavy atom. The third-order valence-corrected chi connectivity index (χ3v) is 4.46. The molecule has 102 valence electrons. The van der Waals surface area contributed by atoms with Gasteiger partial charge in [-0.05, 0) is 51.5 Å². The first kappa shape index (κ1) is 14.0. The van der Waals surface area contributed by atoms with Crippen molar-refractivity contribution in [1.82, 2.24) is 0 Å². The fraction of sp³-hybridized carbons (Fsp3) is 0.846. The van der Waals surface area contributed by atoms with E-state index in [0.29, 0.717) is 18.4 Å². The molecule has 0 aromatic carbocycles. The molecule has 2 fully saturated rings. The number of hydrogen-bond acceptors (Lipinski definition) is 3. The van der Waals surface area contributed by atoms with Crippen LogP contribution in [-0.4, -0.2) is 30.0 Å². The second-order valence-electron chi connectivity index (χ2n) is 6.86. The Labute approximate surface area is 108 Å². The molecule has 18 heavy (non-hydrogen) atoms. The highest BCUT2D eigenvalue weighted by atomic mass is 19.1. The Balaban J connectivity index is 2.10. The van der Waals surface area contributed by atoms with Gasteiger partial charge < -0.3 is 14.4 Å². The monoisotopic (exact) mass is 256 g/mol. The van der Waals surface area contributed by atoms with Crippen molar-refractivity contribution in [2.45, 2.75) is 58.7 Å². The number of rotatable bonds is 2. The predicted octanol–water partition coefficient (Wildman–Crippen LogP) is 2.63. The molecule has 1 saturated carbocycles. The maximum Gasteiger partial charge on any atom is 0.525 e. The zero-order valence-corrected chi connectivity index (χ0v) is 11.8. The minimum Gasteiger partial charge on any atom is -0.398 e. The average molecular weight is 256 g/mol. The van der Waals surface area contributed by atoms with Crippen molar-refractivity contribution in [3.63, 3.8) is 0 Å². The summed E-state index contributed by atoms with van der Waals surface area (Å²) >= 11 is 0.